The molecular formula is C20H19FN2OS2. The topological polar surface area (TPSA) is 33.2 Å². The molecule has 1 amide bonds. The van der Waals surface area contributed by atoms with Crippen LogP contribution in [-0.2, 0) is 6.42 Å². The smallest absolute Gasteiger partial charge is 0.266 e. The normalized spacial score (nSPS) is 17.0. The number of benzene rings is 1. The highest BCUT2D eigenvalue weighted by atomic mass is 32.1. The van der Waals surface area contributed by atoms with Crippen LogP contribution in [0.4, 0.5) is 4.39 Å². The summed E-state index contributed by atoms with van der Waals surface area (Å²) in [5.41, 5.74) is 1.73. The quantitative estimate of drug-likeness (QED) is 0.620. The second kappa shape index (κ2) is 7.29. The average Bonchev–Trinajstić information content (AvgIpc) is 3.34. The van der Waals surface area contributed by atoms with Crippen molar-refractivity contribution in [3.05, 3.63) is 63.7 Å². The molecule has 1 unspecified atom stereocenters. The number of aryl methyl sites for hydroxylation is 1. The first-order valence-corrected chi connectivity index (χ1v) is 10.4. The van der Waals surface area contributed by atoms with E-state index >= 15 is 0 Å². The molecule has 1 atom stereocenters. The van der Waals surface area contributed by atoms with Crippen molar-refractivity contribution in [3.63, 3.8) is 0 Å². The molecule has 0 spiro atoms. The SMILES string of the molecule is Cc1nc(-c2cccs2)sc1C(=O)N1CCCC1Cc1cccc(F)c1. The maximum atomic E-state index is 13.5. The predicted molar refractivity (Wildman–Crippen MR) is 104 cm³/mol. The first-order valence-electron chi connectivity index (χ1n) is 8.68. The van der Waals surface area contributed by atoms with Crippen molar-refractivity contribution >= 4 is 28.6 Å². The minimum Gasteiger partial charge on any atom is -0.335 e. The highest BCUT2D eigenvalue weighted by Crippen LogP contribution is 2.33. The molecule has 1 fully saturated rings. The maximum absolute atomic E-state index is 13.5. The van der Waals surface area contributed by atoms with Gasteiger partial charge in [-0.05, 0) is 55.3 Å². The molecule has 3 aromatic rings. The van der Waals surface area contributed by atoms with Gasteiger partial charge in [-0.1, -0.05) is 18.2 Å². The van der Waals surface area contributed by atoms with Crippen LogP contribution in [0.5, 0.6) is 0 Å². The lowest BCUT2D eigenvalue weighted by Gasteiger charge is -2.24. The van der Waals surface area contributed by atoms with Gasteiger partial charge in [-0.15, -0.1) is 22.7 Å². The van der Waals surface area contributed by atoms with Crippen LogP contribution in [0.1, 0.15) is 33.8 Å². The van der Waals surface area contributed by atoms with Crippen LogP contribution in [0.25, 0.3) is 9.88 Å². The van der Waals surface area contributed by atoms with E-state index in [9.17, 15) is 9.18 Å². The number of nitrogens with zero attached hydrogens (tertiary/aromatic N) is 2. The van der Waals surface area contributed by atoms with Crippen molar-refractivity contribution in [2.45, 2.75) is 32.2 Å². The first kappa shape index (κ1) is 17.4. The average molecular weight is 387 g/mol. The van der Waals surface area contributed by atoms with Crippen LogP contribution in [0.3, 0.4) is 0 Å². The summed E-state index contributed by atoms with van der Waals surface area (Å²) in [6.45, 7) is 2.66. The summed E-state index contributed by atoms with van der Waals surface area (Å²) >= 11 is 3.10. The molecule has 6 heteroatoms. The summed E-state index contributed by atoms with van der Waals surface area (Å²) in [6.07, 6.45) is 2.64. The molecule has 0 bridgehead atoms. The predicted octanol–water partition coefficient (Wildman–Crippen LogP) is 5.17. The van der Waals surface area contributed by atoms with Crippen LogP contribution in [-0.4, -0.2) is 28.4 Å². The summed E-state index contributed by atoms with van der Waals surface area (Å²) in [5.74, 6) is -0.168. The van der Waals surface area contributed by atoms with E-state index in [0.29, 0.717) is 6.42 Å². The molecule has 1 aromatic carbocycles. The van der Waals surface area contributed by atoms with Crippen molar-refractivity contribution in [1.82, 2.24) is 9.88 Å². The molecule has 134 valence electrons. The van der Waals surface area contributed by atoms with E-state index < -0.39 is 0 Å². The van der Waals surface area contributed by atoms with E-state index in [0.717, 1.165) is 45.4 Å². The van der Waals surface area contributed by atoms with E-state index in [1.165, 1.54) is 17.4 Å². The Morgan fingerprint density at radius 1 is 1.35 bits per heavy atom. The van der Waals surface area contributed by atoms with Crippen LogP contribution < -0.4 is 0 Å². The highest BCUT2D eigenvalue weighted by Gasteiger charge is 2.31. The maximum Gasteiger partial charge on any atom is 0.266 e. The third-order valence-electron chi connectivity index (χ3n) is 4.72. The molecule has 0 saturated carbocycles. The molecule has 2 aromatic heterocycles. The summed E-state index contributed by atoms with van der Waals surface area (Å²) in [6, 6.07) is 10.8. The number of halogens is 1. The van der Waals surface area contributed by atoms with Crippen molar-refractivity contribution in [1.29, 1.82) is 0 Å². The Morgan fingerprint density at radius 2 is 2.23 bits per heavy atom. The number of carbonyl (C=O) groups excluding carboxylic acids is 1. The van der Waals surface area contributed by atoms with Crippen LogP contribution in [0, 0.1) is 12.7 Å². The fourth-order valence-corrected chi connectivity index (χ4v) is 5.30. The number of thiophene rings is 1. The van der Waals surface area contributed by atoms with Gasteiger partial charge < -0.3 is 4.90 Å². The highest BCUT2D eigenvalue weighted by molar-refractivity contribution is 7.22. The van der Waals surface area contributed by atoms with Crippen LogP contribution in [0.15, 0.2) is 41.8 Å². The van der Waals surface area contributed by atoms with Crippen molar-refractivity contribution in [2.24, 2.45) is 0 Å². The summed E-state index contributed by atoms with van der Waals surface area (Å²) in [7, 11) is 0. The number of rotatable bonds is 4. The summed E-state index contributed by atoms with van der Waals surface area (Å²) < 4.78 is 13.5. The Balaban J connectivity index is 1.55. The van der Waals surface area contributed by atoms with Gasteiger partial charge in [0.2, 0.25) is 0 Å². The third kappa shape index (κ3) is 3.44. The largest absolute Gasteiger partial charge is 0.335 e. The van der Waals surface area contributed by atoms with E-state index in [-0.39, 0.29) is 17.8 Å². The lowest BCUT2D eigenvalue weighted by atomic mass is 10.0. The molecule has 1 saturated heterocycles. The minimum atomic E-state index is -0.225. The van der Waals surface area contributed by atoms with Gasteiger partial charge in [0.1, 0.15) is 15.7 Å². The number of likely N-dealkylation sites (tertiary alicyclic amines) is 1. The third-order valence-corrected chi connectivity index (χ3v) is 6.91. The number of amides is 1. The molecule has 3 heterocycles. The molecule has 26 heavy (non-hydrogen) atoms. The summed E-state index contributed by atoms with van der Waals surface area (Å²) in [4.78, 5) is 21.5. The van der Waals surface area contributed by atoms with Gasteiger partial charge in [-0.3, -0.25) is 4.79 Å². The molecule has 1 aliphatic heterocycles. The number of hydrogen-bond acceptors (Lipinski definition) is 4. The standard InChI is InChI=1S/C20H19FN2OS2/c1-13-18(26-19(22-13)17-8-4-10-25-17)20(24)23-9-3-7-16(23)12-14-5-2-6-15(21)11-14/h2,4-6,8,10-11,16H,3,7,9,12H2,1H3. The Hall–Kier alpha value is -2.05. The van der Waals surface area contributed by atoms with Gasteiger partial charge in [0.05, 0.1) is 10.6 Å². The number of carbonyl (C=O) groups is 1. The second-order valence-electron chi connectivity index (χ2n) is 6.54. The molecule has 0 radical (unpaired) electrons. The first-order chi connectivity index (χ1) is 12.6. The number of thiazole rings is 1. The van der Waals surface area contributed by atoms with Crippen molar-refractivity contribution in [2.75, 3.05) is 6.54 Å². The van der Waals surface area contributed by atoms with Gasteiger partial charge in [0.15, 0.2) is 0 Å². The van der Waals surface area contributed by atoms with Gasteiger partial charge >= 0.3 is 0 Å². The Bertz CT molecular complexity index is 920. The van der Waals surface area contributed by atoms with Gasteiger partial charge in [-0.25, -0.2) is 9.37 Å². The zero-order valence-electron chi connectivity index (χ0n) is 14.4. The van der Waals surface area contributed by atoms with E-state index in [1.54, 1.807) is 23.5 Å². The molecule has 1 aliphatic rings. The fourth-order valence-electron chi connectivity index (χ4n) is 3.48. The van der Waals surface area contributed by atoms with Gasteiger partial charge in [0.25, 0.3) is 5.91 Å². The zero-order chi connectivity index (χ0) is 18.1. The summed E-state index contributed by atoms with van der Waals surface area (Å²) in [5, 5.41) is 2.92. The Labute approximate surface area is 160 Å². The molecule has 4 rings (SSSR count). The molecule has 3 nitrogen and oxygen atoms in total. The molecule has 0 aliphatic carbocycles. The second-order valence-corrected chi connectivity index (χ2v) is 8.49. The van der Waals surface area contributed by atoms with E-state index in [4.69, 9.17) is 0 Å². The minimum absolute atomic E-state index is 0.0571. The Kier molecular flexibility index (Phi) is 4.87. The van der Waals surface area contributed by atoms with E-state index in [2.05, 4.69) is 4.98 Å². The van der Waals surface area contributed by atoms with Crippen LogP contribution in [0.2, 0.25) is 0 Å². The van der Waals surface area contributed by atoms with Crippen LogP contribution >= 0.6 is 22.7 Å². The number of hydrogen-bond donors (Lipinski definition) is 0. The van der Waals surface area contributed by atoms with Gasteiger partial charge in [-0.2, -0.15) is 0 Å². The number of aromatic nitrogens is 1. The molecule has 0 N–H and O–H groups in total. The molecular weight excluding hydrogens is 367 g/mol. The van der Waals surface area contributed by atoms with E-state index in [1.807, 2.05) is 35.4 Å². The van der Waals surface area contributed by atoms with Gasteiger partial charge in [0, 0.05) is 12.6 Å². The van der Waals surface area contributed by atoms with Crippen molar-refractivity contribution in [3.8, 4) is 9.88 Å². The lowest BCUT2D eigenvalue weighted by molar-refractivity contribution is 0.0740. The Morgan fingerprint density at radius 3 is 3.00 bits per heavy atom. The van der Waals surface area contributed by atoms with Crippen molar-refractivity contribution < 1.29 is 9.18 Å². The monoisotopic (exact) mass is 386 g/mol. The fraction of sp³-hybridized carbons (Fsp3) is 0.300. The zero-order valence-corrected chi connectivity index (χ0v) is 16.1. The lowest BCUT2D eigenvalue weighted by Crippen LogP contribution is -2.36.